The van der Waals surface area contributed by atoms with Gasteiger partial charge in [0.05, 0.1) is 6.10 Å². The van der Waals surface area contributed by atoms with Crippen molar-refractivity contribution in [1.29, 1.82) is 0 Å². The van der Waals surface area contributed by atoms with Crippen molar-refractivity contribution in [2.75, 3.05) is 0 Å². The van der Waals surface area contributed by atoms with Gasteiger partial charge < -0.3 is 4.74 Å². The molecule has 0 aromatic heterocycles. The van der Waals surface area contributed by atoms with Crippen LogP contribution in [0.25, 0.3) is 0 Å². The van der Waals surface area contributed by atoms with Crippen LogP contribution in [0.1, 0.15) is 27.2 Å². The minimum Gasteiger partial charge on any atom is -0.463 e. The summed E-state index contributed by atoms with van der Waals surface area (Å²) >= 11 is 0. The van der Waals surface area contributed by atoms with E-state index in [9.17, 15) is 4.79 Å². The molecule has 0 aromatic carbocycles. The molecule has 0 spiro atoms. The monoisotopic (exact) mass is 152 g/mol. The second-order valence-corrected chi connectivity index (χ2v) is 1.83. The lowest BCUT2D eigenvalue weighted by Crippen LogP contribution is -2.09. The summed E-state index contributed by atoms with van der Waals surface area (Å²) in [6, 6.07) is 0. The molecule has 0 aliphatic carbocycles. The molecule has 0 heterocycles. The van der Waals surface area contributed by atoms with Crippen molar-refractivity contribution < 1.29 is 9.53 Å². The molecule has 0 amide bonds. The zero-order chi connectivity index (χ0) is 6.57. The third kappa shape index (κ3) is 7.76. The summed E-state index contributed by atoms with van der Waals surface area (Å²) in [5, 5.41) is 0. The first-order chi connectivity index (χ1) is 3.66. The van der Waals surface area contributed by atoms with Crippen LogP contribution < -0.4 is 0 Å². The van der Waals surface area contributed by atoms with E-state index in [1.165, 1.54) is 6.92 Å². The van der Waals surface area contributed by atoms with Gasteiger partial charge >= 0.3 is 5.97 Å². The van der Waals surface area contributed by atoms with E-state index in [1.807, 2.05) is 13.8 Å². The van der Waals surface area contributed by atoms with Crippen LogP contribution in [0, 0.1) is 0 Å². The lowest BCUT2D eigenvalue weighted by molar-refractivity contribution is -0.145. The lowest BCUT2D eigenvalue weighted by Gasteiger charge is -2.06. The highest BCUT2D eigenvalue weighted by molar-refractivity contribution is 5.85. The minimum atomic E-state index is -0.195. The van der Waals surface area contributed by atoms with Crippen LogP contribution in [0.4, 0.5) is 0 Å². The summed E-state index contributed by atoms with van der Waals surface area (Å²) in [5.41, 5.74) is 0. The first kappa shape index (κ1) is 11.5. The van der Waals surface area contributed by atoms with E-state index >= 15 is 0 Å². The lowest BCUT2D eigenvalue weighted by atomic mass is 10.3. The van der Waals surface area contributed by atoms with E-state index in [2.05, 4.69) is 0 Å². The molecule has 3 heteroatoms. The Morgan fingerprint density at radius 2 is 2.11 bits per heavy atom. The Hall–Kier alpha value is -0.240. The molecule has 0 aliphatic rings. The molecular weight excluding hydrogens is 140 g/mol. The van der Waals surface area contributed by atoms with Crippen molar-refractivity contribution in [3.63, 3.8) is 0 Å². The van der Waals surface area contributed by atoms with Gasteiger partial charge in [-0.05, 0) is 13.3 Å². The van der Waals surface area contributed by atoms with Crippen molar-refractivity contribution in [2.24, 2.45) is 0 Å². The number of hydrogen-bond donors (Lipinski definition) is 0. The maximum atomic E-state index is 10.2. The second-order valence-electron chi connectivity index (χ2n) is 1.83. The van der Waals surface area contributed by atoms with Crippen LogP contribution >= 0.6 is 12.4 Å². The van der Waals surface area contributed by atoms with Gasteiger partial charge in [0, 0.05) is 6.92 Å². The van der Waals surface area contributed by atoms with Crippen molar-refractivity contribution >= 4 is 18.4 Å². The SMILES string of the molecule is CCC(C)OC(C)=O.Cl. The molecule has 0 saturated carbocycles. The van der Waals surface area contributed by atoms with Gasteiger partial charge in [0.15, 0.2) is 0 Å². The average Bonchev–Trinajstić information content (AvgIpc) is 1.65. The number of ether oxygens (including phenoxy) is 1. The Morgan fingerprint density at radius 3 is 2.22 bits per heavy atom. The van der Waals surface area contributed by atoms with Crippen LogP contribution in [-0.2, 0) is 9.53 Å². The molecule has 0 saturated heterocycles. The molecule has 0 rings (SSSR count). The molecule has 1 unspecified atom stereocenters. The van der Waals surface area contributed by atoms with Gasteiger partial charge in [-0.15, -0.1) is 12.4 Å². The number of esters is 1. The van der Waals surface area contributed by atoms with Crippen LogP contribution in [0.5, 0.6) is 0 Å². The molecule has 9 heavy (non-hydrogen) atoms. The van der Waals surface area contributed by atoms with Gasteiger partial charge in [-0.3, -0.25) is 4.79 Å². The molecule has 0 bridgehead atoms. The Labute approximate surface area is 62.0 Å². The Bertz CT molecular complexity index is 83.1. The Balaban J connectivity index is 0. The smallest absolute Gasteiger partial charge is 0.302 e. The summed E-state index contributed by atoms with van der Waals surface area (Å²) in [4.78, 5) is 10.2. The van der Waals surface area contributed by atoms with Crippen molar-refractivity contribution in [1.82, 2.24) is 0 Å². The van der Waals surface area contributed by atoms with E-state index in [0.717, 1.165) is 6.42 Å². The summed E-state index contributed by atoms with van der Waals surface area (Å²) in [6.07, 6.45) is 0.965. The van der Waals surface area contributed by atoms with E-state index in [4.69, 9.17) is 4.74 Å². The van der Waals surface area contributed by atoms with Gasteiger partial charge in [0.2, 0.25) is 0 Å². The predicted molar refractivity (Wildman–Crippen MR) is 38.8 cm³/mol. The number of carbonyl (C=O) groups excluding carboxylic acids is 1. The summed E-state index contributed by atoms with van der Waals surface area (Å²) < 4.78 is 4.76. The highest BCUT2D eigenvalue weighted by Crippen LogP contribution is 1.94. The second kappa shape index (κ2) is 5.89. The maximum Gasteiger partial charge on any atom is 0.302 e. The summed E-state index contributed by atoms with van der Waals surface area (Å²) in [6.45, 7) is 5.28. The topological polar surface area (TPSA) is 26.3 Å². The molecule has 0 aromatic rings. The van der Waals surface area contributed by atoms with Crippen molar-refractivity contribution in [3.8, 4) is 0 Å². The number of rotatable bonds is 2. The standard InChI is InChI=1S/C6H12O2.ClH/c1-4-5(2)8-6(3)7;/h5H,4H2,1-3H3;1H. The van der Waals surface area contributed by atoms with Crippen molar-refractivity contribution in [3.05, 3.63) is 0 Å². The van der Waals surface area contributed by atoms with Crippen LogP contribution in [-0.4, -0.2) is 12.1 Å². The molecule has 0 N–H and O–H groups in total. The highest BCUT2D eigenvalue weighted by Gasteiger charge is 1.99. The molecule has 1 atom stereocenters. The van der Waals surface area contributed by atoms with E-state index in [0.29, 0.717) is 0 Å². The van der Waals surface area contributed by atoms with Crippen LogP contribution in [0.2, 0.25) is 0 Å². The van der Waals surface area contributed by atoms with Gasteiger partial charge in [0.1, 0.15) is 0 Å². The highest BCUT2D eigenvalue weighted by atomic mass is 35.5. The van der Waals surface area contributed by atoms with E-state index < -0.39 is 0 Å². The van der Waals surface area contributed by atoms with Gasteiger partial charge in [-0.1, -0.05) is 6.92 Å². The minimum absolute atomic E-state index is 0. The van der Waals surface area contributed by atoms with Crippen LogP contribution in [0.15, 0.2) is 0 Å². The van der Waals surface area contributed by atoms with Gasteiger partial charge in [0.25, 0.3) is 0 Å². The number of halogens is 1. The van der Waals surface area contributed by atoms with Crippen molar-refractivity contribution in [2.45, 2.75) is 33.3 Å². The average molecular weight is 153 g/mol. The Morgan fingerprint density at radius 1 is 1.67 bits per heavy atom. The molecule has 0 fully saturated rings. The maximum absolute atomic E-state index is 10.2. The fraction of sp³-hybridized carbons (Fsp3) is 0.833. The number of hydrogen-bond acceptors (Lipinski definition) is 2. The fourth-order valence-electron chi connectivity index (χ4n) is 0.367. The third-order valence-electron chi connectivity index (χ3n) is 0.942. The van der Waals surface area contributed by atoms with Gasteiger partial charge in [-0.25, -0.2) is 0 Å². The molecule has 0 aliphatic heterocycles. The molecule has 56 valence electrons. The zero-order valence-corrected chi connectivity index (χ0v) is 6.83. The fourth-order valence-corrected chi connectivity index (χ4v) is 0.367. The number of carbonyl (C=O) groups is 1. The third-order valence-corrected chi connectivity index (χ3v) is 0.942. The van der Waals surface area contributed by atoms with Gasteiger partial charge in [-0.2, -0.15) is 0 Å². The Kier molecular flexibility index (Phi) is 7.55. The first-order valence-corrected chi connectivity index (χ1v) is 2.84. The largest absolute Gasteiger partial charge is 0.463 e. The zero-order valence-electron chi connectivity index (χ0n) is 6.01. The summed E-state index contributed by atoms with van der Waals surface area (Å²) in [5.74, 6) is -0.195. The molecular formula is C6H13ClO2. The van der Waals surface area contributed by atoms with E-state index in [-0.39, 0.29) is 24.5 Å². The van der Waals surface area contributed by atoms with E-state index in [1.54, 1.807) is 0 Å². The van der Waals surface area contributed by atoms with Crippen LogP contribution in [0.3, 0.4) is 0 Å². The molecule has 2 nitrogen and oxygen atoms in total. The summed E-state index contributed by atoms with van der Waals surface area (Å²) in [7, 11) is 0. The normalized spacial score (nSPS) is 11.4. The molecule has 0 radical (unpaired) electrons. The predicted octanol–water partition coefficient (Wildman–Crippen LogP) is 1.77. The first-order valence-electron chi connectivity index (χ1n) is 2.84. The quantitative estimate of drug-likeness (QED) is 0.564.